The van der Waals surface area contributed by atoms with Crippen LogP contribution in [-0.4, -0.2) is 18.0 Å². The molecule has 0 saturated heterocycles. The molecule has 7 nitrogen and oxygen atoms in total. The summed E-state index contributed by atoms with van der Waals surface area (Å²) in [5.41, 5.74) is 2.42. The smallest absolute Gasteiger partial charge is 0.272 e. The molecule has 140 valence electrons. The Kier molecular flexibility index (Phi) is 7.11. The molecule has 0 aliphatic carbocycles. The second kappa shape index (κ2) is 9.31. The maximum atomic E-state index is 10.9. The van der Waals surface area contributed by atoms with E-state index in [2.05, 4.69) is 16.3 Å². The van der Waals surface area contributed by atoms with Crippen LogP contribution >= 0.6 is 23.2 Å². The highest BCUT2D eigenvalue weighted by molar-refractivity contribution is 6.39. The fourth-order valence-electron chi connectivity index (χ4n) is 2.46. The number of nitro benzene ring substituents is 1. The number of hydrogen-bond acceptors (Lipinski definition) is 6. The van der Waals surface area contributed by atoms with Gasteiger partial charge >= 0.3 is 0 Å². The van der Waals surface area contributed by atoms with E-state index in [9.17, 15) is 10.1 Å². The molecule has 2 aromatic carbocycles. The molecule has 0 unspecified atom stereocenters. The zero-order chi connectivity index (χ0) is 20.0. The van der Waals surface area contributed by atoms with Crippen molar-refractivity contribution in [2.24, 2.45) is 10.2 Å². The van der Waals surface area contributed by atoms with E-state index in [0.29, 0.717) is 25.2 Å². The molecular formula is C18H17Cl2N5O2. The second-order valence-electron chi connectivity index (χ2n) is 5.70. The Labute approximate surface area is 167 Å². The lowest BCUT2D eigenvalue weighted by molar-refractivity contribution is -0.384. The fourth-order valence-corrected chi connectivity index (χ4v) is 3.01. The molecule has 0 amide bonds. The van der Waals surface area contributed by atoms with Crippen LogP contribution in [-0.2, 0) is 0 Å². The molecule has 2 aromatic rings. The first-order valence-electron chi connectivity index (χ1n) is 8.15. The molecular weight excluding hydrogens is 389 g/mol. The lowest BCUT2D eigenvalue weighted by atomic mass is 10.1. The second-order valence-corrected chi connectivity index (χ2v) is 6.51. The SMILES string of the molecule is CCN(CCC#N)c1cc(C)ccc1N=Nc1c(Cl)cc([N+](=O)[O-])cc1Cl. The fraction of sp³-hybridized carbons (Fsp3) is 0.278. The van der Waals surface area contributed by atoms with Gasteiger partial charge in [-0.3, -0.25) is 10.1 Å². The number of hydrogen-bond donors (Lipinski definition) is 0. The average molecular weight is 406 g/mol. The number of non-ortho nitro benzene ring substituents is 1. The van der Waals surface area contributed by atoms with E-state index < -0.39 is 4.92 Å². The maximum absolute atomic E-state index is 10.9. The van der Waals surface area contributed by atoms with E-state index in [1.54, 1.807) is 0 Å². The predicted octanol–water partition coefficient (Wildman–Crippen LogP) is 6.37. The van der Waals surface area contributed by atoms with Crippen LogP contribution < -0.4 is 4.90 Å². The minimum Gasteiger partial charge on any atom is -0.369 e. The molecule has 0 fully saturated rings. The molecule has 0 aliphatic rings. The quantitative estimate of drug-likeness (QED) is 0.303. The molecule has 27 heavy (non-hydrogen) atoms. The summed E-state index contributed by atoms with van der Waals surface area (Å²) >= 11 is 12.2. The molecule has 0 bridgehead atoms. The van der Waals surface area contributed by atoms with Gasteiger partial charge in [0.25, 0.3) is 5.69 Å². The number of azo groups is 1. The van der Waals surface area contributed by atoms with Crippen LogP contribution in [0.15, 0.2) is 40.6 Å². The number of rotatable bonds is 7. The molecule has 0 aliphatic heterocycles. The summed E-state index contributed by atoms with van der Waals surface area (Å²) < 4.78 is 0. The largest absolute Gasteiger partial charge is 0.369 e. The number of benzene rings is 2. The van der Waals surface area contributed by atoms with Crippen molar-refractivity contribution in [1.82, 2.24) is 0 Å². The van der Waals surface area contributed by atoms with E-state index in [-0.39, 0.29) is 21.4 Å². The number of aryl methyl sites for hydroxylation is 1. The van der Waals surface area contributed by atoms with Crippen molar-refractivity contribution in [3.8, 4) is 6.07 Å². The maximum Gasteiger partial charge on any atom is 0.272 e. The van der Waals surface area contributed by atoms with Gasteiger partial charge in [-0.1, -0.05) is 29.3 Å². The topological polar surface area (TPSA) is 94.9 Å². The molecule has 9 heteroatoms. The summed E-state index contributed by atoms with van der Waals surface area (Å²) in [6, 6.07) is 10.2. The van der Waals surface area contributed by atoms with Gasteiger partial charge in [-0.05, 0) is 31.5 Å². The van der Waals surface area contributed by atoms with Crippen molar-refractivity contribution >= 4 is 46.0 Å². The zero-order valence-corrected chi connectivity index (χ0v) is 16.3. The van der Waals surface area contributed by atoms with Gasteiger partial charge < -0.3 is 4.90 Å². The van der Waals surface area contributed by atoms with Crippen molar-refractivity contribution in [1.29, 1.82) is 5.26 Å². The summed E-state index contributed by atoms with van der Waals surface area (Å²) in [6.07, 6.45) is 0.387. The predicted molar refractivity (Wildman–Crippen MR) is 107 cm³/mol. The Morgan fingerprint density at radius 1 is 1.22 bits per heavy atom. The molecule has 0 aromatic heterocycles. The number of anilines is 1. The van der Waals surface area contributed by atoms with Crippen LogP contribution in [0, 0.1) is 28.4 Å². The molecule has 2 rings (SSSR count). The van der Waals surface area contributed by atoms with E-state index in [1.807, 2.05) is 36.9 Å². The van der Waals surface area contributed by atoms with Crippen molar-refractivity contribution in [3.05, 3.63) is 56.1 Å². The summed E-state index contributed by atoms with van der Waals surface area (Å²) in [5.74, 6) is 0. The van der Waals surface area contributed by atoms with E-state index >= 15 is 0 Å². The van der Waals surface area contributed by atoms with Crippen LogP contribution in [0.4, 0.5) is 22.7 Å². The van der Waals surface area contributed by atoms with Crippen LogP contribution in [0.5, 0.6) is 0 Å². The summed E-state index contributed by atoms with van der Waals surface area (Å²) in [4.78, 5) is 12.3. The summed E-state index contributed by atoms with van der Waals surface area (Å²) in [7, 11) is 0. The molecule has 0 atom stereocenters. The Hall–Kier alpha value is -2.69. The highest BCUT2D eigenvalue weighted by Gasteiger charge is 2.15. The van der Waals surface area contributed by atoms with Gasteiger partial charge in [0.1, 0.15) is 11.4 Å². The van der Waals surface area contributed by atoms with Gasteiger partial charge in [0.05, 0.1) is 33.1 Å². The highest BCUT2D eigenvalue weighted by atomic mass is 35.5. The monoisotopic (exact) mass is 405 g/mol. The Morgan fingerprint density at radius 2 is 1.89 bits per heavy atom. The normalized spacial score (nSPS) is 10.8. The van der Waals surface area contributed by atoms with Crippen molar-refractivity contribution < 1.29 is 4.92 Å². The average Bonchev–Trinajstić information content (AvgIpc) is 2.62. The molecule has 0 N–H and O–H groups in total. The van der Waals surface area contributed by atoms with E-state index in [1.165, 1.54) is 12.1 Å². The van der Waals surface area contributed by atoms with Gasteiger partial charge in [-0.25, -0.2) is 0 Å². The van der Waals surface area contributed by atoms with Crippen molar-refractivity contribution in [2.45, 2.75) is 20.3 Å². The Balaban J connectivity index is 2.43. The zero-order valence-electron chi connectivity index (χ0n) is 14.8. The van der Waals surface area contributed by atoms with Gasteiger partial charge in [0.15, 0.2) is 0 Å². The minimum atomic E-state index is -0.578. The van der Waals surface area contributed by atoms with Gasteiger partial charge in [-0.2, -0.15) is 5.26 Å². The third-order valence-corrected chi connectivity index (χ3v) is 4.39. The first kappa shape index (κ1) is 20.6. The molecule has 0 saturated carbocycles. The van der Waals surface area contributed by atoms with Crippen LogP contribution in [0.2, 0.25) is 10.0 Å². The van der Waals surface area contributed by atoms with Gasteiger partial charge in [0.2, 0.25) is 0 Å². The summed E-state index contributed by atoms with van der Waals surface area (Å²) in [5, 5.41) is 28.2. The van der Waals surface area contributed by atoms with Crippen molar-refractivity contribution in [3.63, 3.8) is 0 Å². The lowest BCUT2D eigenvalue weighted by Crippen LogP contribution is -2.23. The molecule has 0 radical (unpaired) electrons. The van der Waals surface area contributed by atoms with E-state index in [0.717, 1.165) is 11.3 Å². The highest BCUT2D eigenvalue weighted by Crippen LogP contribution is 2.39. The molecule has 0 heterocycles. The van der Waals surface area contributed by atoms with Gasteiger partial charge in [-0.15, -0.1) is 10.2 Å². The number of nitro groups is 1. The standard InChI is InChI=1S/C18H17Cl2N5O2/c1-3-24(8-4-7-21)17-9-12(2)5-6-16(17)22-23-18-14(19)10-13(25(26)27)11-15(18)20/h5-6,9-11H,3-4,8H2,1-2H3. The lowest BCUT2D eigenvalue weighted by Gasteiger charge is -2.23. The Morgan fingerprint density at radius 3 is 2.44 bits per heavy atom. The van der Waals surface area contributed by atoms with E-state index in [4.69, 9.17) is 28.5 Å². The Bertz CT molecular complexity index is 901. The van der Waals surface area contributed by atoms with Crippen LogP contribution in [0.3, 0.4) is 0 Å². The first-order valence-corrected chi connectivity index (χ1v) is 8.90. The van der Waals surface area contributed by atoms with Gasteiger partial charge in [0, 0.05) is 25.2 Å². The number of nitriles is 1. The van der Waals surface area contributed by atoms with Crippen molar-refractivity contribution in [2.75, 3.05) is 18.0 Å². The number of nitrogens with zero attached hydrogens (tertiary/aromatic N) is 5. The van der Waals surface area contributed by atoms with Crippen LogP contribution in [0.25, 0.3) is 0 Å². The molecule has 0 spiro atoms. The minimum absolute atomic E-state index is 0.0449. The third-order valence-electron chi connectivity index (χ3n) is 3.82. The first-order chi connectivity index (χ1) is 12.9. The number of halogens is 2. The third kappa shape index (κ3) is 5.16. The summed E-state index contributed by atoms with van der Waals surface area (Å²) in [6.45, 7) is 5.22. The van der Waals surface area contributed by atoms with Crippen LogP contribution in [0.1, 0.15) is 18.9 Å².